The first-order chi connectivity index (χ1) is 15.7. The van der Waals surface area contributed by atoms with E-state index >= 15 is 0 Å². The van der Waals surface area contributed by atoms with Crippen LogP contribution < -0.4 is 0 Å². The van der Waals surface area contributed by atoms with Crippen molar-refractivity contribution in [3.05, 3.63) is 72.7 Å². The average molecular weight is 444 g/mol. The van der Waals surface area contributed by atoms with Crippen LogP contribution in [0.3, 0.4) is 0 Å². The van der Waals surface area contributed by atoms with E-state index < -0.39 is 0 Å². The van der Waals surface area contributed by atoms with Crippen LogP contribution in [-0.4, -0.2) is 36.2 Å². The van der Waals surface area contributed by atoms with Crippen molar-refractivity contribution in [1.82, 2.24) is 24.7 Å². The van der Waals surface area contributed by atoms with Crippen molar-refractivity contribution in [1.29, 1.82) is 0 Å². The van der Waals surface area contributed by atoms with Crippen LogP contribution in [0.1, 0.15) is 11.7 Å². The Morgan fingerprint density at radius 3 is 2.62 bits per heavy atom. The molecule has 5 aromatic rings. The van der Waals surface area contributed by atoms with Crippen LogP contribution in [0.2, 0.25) is 0 Å². The second-order valence-corrected chi connectivity index (χ2v) is 8.83. The second kappa shape index (κ2) is 7.56. The van der Waals surface area contributed by atoms with Gasteiger partial charge in [0.25, 0.3) is 0 Å². The normalized spacial score (nSPS) is 14.1. The van der Waals surface area contributed by atoms with E-state index in [0.29, 0.717) is 17.5 Å². The molecule has 0 amide bonds. The van der Waals surface area contributed by atoms with Crippen molar-refractivity contribution in [2.45, 2.75) is 13.0 Å². The third-order valence-corrected chi connectivity index (χ3v) is 6.94. The van der Waals surface area contributed by atoms with E-state index in [1.807, 2.05) is 47.8 Å². The Bertz CT molecular complexity index is 1440. The number of pyridine rings is 1. The lowest BCUT2D eigenvalue weighted by Crippen LogP contribution is -2.23. The molecule has 1 saturated heterocycles. The Kier molecular flexibility index (Phi) is 4.53. The highest BCUT2D eigenvalue weighted by atomic mass is 32.2. The summed E-state index contributed by atoms with van der Waals surface area (Å²) in [5.41, 5.74) is 5.51. The minimum Gasteiger partial charge on any atom is -0.438 e. The molecule has 0 unspecified atom stereocenters. The third-order valence-electron chi connectivity index (χ3n) is 5.70. The van der Waals surface area contributed by atoms with Gasteiger partial charge < -0.3 is 4.42 Å². The Morgan fingerprint density at radius 2 is 1.88 bits per heavy atom. The first-order valence-corrected chi connectivity index (χ1v) is 11.4. The van der Waals surface area contributed by atoms with Crippen molar-refractivity contribution in [3.63, 3.8) is 0 Å². The van der Waals surface area contributed by atoms with Gasteiger partial charge >= 0.3 is 0 Å². The van der Waals surface area contributed by atoms with Crippen LogP contribution in [0, 0.1) is 12.7 Å². The predicted molar refractivity (Wildman–Crippen MR) is 123 cm³/mol. The first-order valence-electron chi connectivity index (χ1n) is 10.3. The molecular formula is C24H18FN5OS. The number of furan rings is 1. The van der Waals surface area contributed by atoms with Crippen molar-refractivity contribution >= 4 is 22.9 Å². The molecule has 8 heteroatoms. The van der Waals surface area contributed by atoms with Gasteiger partial charge in [-0.25, -0.2) is 14.4 Å². The van der Waals surface area contributed by atoms with Crippen molar-refractivity contribution in [2.24, 2.45) is 0 Å². The van der Waals surface area contributed by atoms with Gasteiger partial charge in [-0.05, 0) is 49.4 Å². The highest BCUT2D eigenvalue weighted by Crippen LogP contribution is 2.39. The Morgan fingerprint density at radius 1 is 1.03 bits per heavy atom. The highest BCUT2D eigenvalue weighted by molar-refractivity contribution is 8.00. The van der Waals surface area contributed by atoms with Crippen molar-refractivity contribution < 1.29 is 8.81 Å². The largest absolute Gasteiger partial charge is 0.438 e. The molecule has 0 bridgehead atoms. The van der Waals surface area contributed by atoms with Gasteiger partial charge in [0.2, 0.25) is 5.71 Å². The molecule has 6 rings (SSSR count). The molecular weight excluding hydrogens is 425 g/mol. The highest BCUT2D eigenvalue weighted by Gasteiger charge is 2.25. The van der Waals surface area contributed by atoms with E-state index in [1.165, 1.54) is 18.5 Å². The molecule has 0 saturated carbocycles. The van der Waals surface area contributed by atoms with Gasteiger partial charge in [-0.15, -0.1) is 0 Å². The Hall–Kier alpha value is -3.52. The zero-order valence-electron chi connectivity index (χ0n) is 17.2. The number of thioether (sulfide) groups is 1. The SMILES string of the molecule is Cc1ncccc1-c1cc2c(-c3cn(C4CSC4)nc3-c3ccc(F)cc3)ncnc2o1. The number of fused-ring (bicyclic) bond motifs is 1. The van der Waals surface area contributed by atoms with Crippen molar-refractivity contribution in [2.75, 3.05) is 11.5 Å². The number of nitrogens with zero attached hydrogens (tertiary/aromatic N) is 5. The quantitative estimate of drug-likeness (QED) is 0.363. The summed E-state index contributed by atoms with van der Waals surface area (Å²) in [5.74, 6) is 2.47. The second-order valence-electron chi connectivity index (χ2n) is 7.76. The van der Waals surface area contributed by atoms with Crippen LogP contribution in [0.25, 0.3) is 44.9 Å². The lowest BCUT2D eigenvalue weighted by Gasteiger charge is -2.24. The lowest BCUT2D eigenvalue weighted by atomic mass is 10.0. The molecule has 0 atom stereocenters. The standard InChI is InChI=1S/C24H18FN5OS/c1-14-18(3-2-8-26-14)21-9-19-23(27-13-28-24(19)31-21)20-10-30(17-11-32-12-17)29-22(20)15-4-6-16(25)7-5-15/h2-10,13,17H,11-12H2,1H3. The summed E-state index contributed by atoms with van der Waals surface area (Å²) in [7, 11) is 0. The summed E-state index contributed by atoms with van der Waals surface area (Å²) in [6.07, 6.45) is 5.30. The zero-order valence-corrected chi connectivity index (χ0v) is 18.0. The number of hydrogen-bond acceptors (Lipinski definition) is 6. The van der Waals surface area contributed by atoms with Gasteiger partial charge in [0.15, 0.2) is 0 Å². The smallest absolute Gasteiger partial charge is 0.230 e. The summed E-state index contributed by atoms with van der Waals surface area (Å²) < 4.78 is 21.6. The summed E-state index contributed by atoms with van der Waals surface area (Å²) in [6.45, 7) is 1.95. The van der Waals surface area contributed by atoms with Crippen LogP contribution in [-0.2, 0) is 0 Å². The molecule has 0 aliphatic carbocycles. The number of aryl methyl sites for hydroxylation is 1. The van der Waals surface area contributed by atoms with E-state index in [-0.39, 0.29) is 5.82 Å². The maximum Gasteiger partial charge on any atom is 0.230 e. The molecule has 32 heavy (non-hydrogen) atoms. The van der Waals surface area contributed by atoms with Crippen LogP contribution in [0.4, 0.5) is 4.39 Å². The molecule has 158 valence electrons. The maximum absolute atomic E-state index is 13.6. The minimum absolute atomic E-state index is 0.277. The van der Waals surface area contributed by atoms with Crippen LogP contribution in [0.15, 0.2) is 65.6 Å². The van der Waals surface area contributed by atoms with Gasteiger partial charge in [-0.3, -0.25) is 9.67 Å². The van der Waals surface area contributed by atoms with Crippen LogP contribution >= 0.6 is 11.8 Å². The minimum atomic E-state index is -0.277. The number of halogens is 1. The molecule has 1 aliphatic heterocycles. The maximum atomic E-state index is 13.6. The van der Waals surface area contributed by atoms with E-state index in [9.17, 15) is 4.39 Å². The number of benzene rings is 1. The van der Waals surface area contributed by atoms with E-state index in [1.54, 1.807) is 18.3 Å². The van der Waals surface area contributed by atoms with E-state index in [2.05, 4.69) is 15.0 Å². The fourth-order valence-electron chi connectivity index (χ4n) is 3.90. The average Bonchev–Trinajstić information content (AvgIpc) is 3.38. The van der Waals surface area contributed by atoms with Gasteiger partial charge in [-0.2, -0.15) is 16.9 Å². The Labute approximate surface area is 187 Å². The molecule has 4 aromatic heterocycles. The molecule has 0 spiro atoms. The van der Waals surface area contributed by atoms with Gasteiger partial charge in [0.05, 0.1) is 17.1 Å². The molecule has 0 N–H and O–H groups in total. The fraction of sp³-hybridized carbons (Fsp3) is 0.167. The lowest BCUT2D eigenvalue weighted by molar-refractivity contribution is 0.528. The molecule has 1 fully saturated rings. The number of rotatable bonds is 4. The molecule has 6 nitrogen and oxygen atoms in total. The molecule has 0 radical (unpaired) electrons. The molecule has 1 aromatic carbocycles. The molecule has 5 heterocycles. The zero-order chi connectivity index (χ0) is 21.7. The third kappa shape index (κ3) is 3.18. The monoisotopic (exact) mass is 443 g/mol. The van der Waals surface area contributed by atoms with Crippen LogP contribution in [0.5, 0.6) is 0 Å². The topological polar surface area (TPSA) is 69.6 Å². The van der Waals surface area contributed by atoms with Gasteiger partial charge in [0, 0.05) is 46.3 Å². The summed E-state index contributed by atoms with van der Waals surface area (Å²) in [6, 6.07) is 12.6. The summed E-state index contributed by atoms with van der Waals surface area (Å²) in [5, 5.41) is 5.68. The first kappa shape index (κ1) is 19.2. The number of aromatic nitrogens is 5. The van der Waals surface area contributed by atoms with E-state index in [0.717, 1.165) is 50.7 Å². The van der Waals surface area contributed by atoms with Crippen molar-refractivity contribution in [3.8, 4) is 33.8 Å². The number of hydrogen-bond donors (Lipinski definition) is 0. The summed E-state index contributed by atoms with van der Waals surface area (Å²) >= 11 is 1.90. The Balaban J connectivity index is 1.54. The van der Waals surface area contributed by atoms with Gasteiger partial charge in [0.1, 0.15) is 23.6 Å². The predicted octanol–water partition coefficient (Wildman–Crippen LogP) is 5.55. The van der Waals surface area contributed by atoms with E-state index in [4.69, 9.17) is 9.52 Å². The van der Waals surface area contributed by atoms with Gasteiger partial charge in [-0.1, -0.05) is 0 Å². The fourth-order valence-corrected chi connectivity index (χ4v) is 4.65. The summed E-state index contributed by atoms with van der Waals surface area (Å²) in [4.78, 5) is 13.3. The molecule has 1 aliphatic rings.